The van der Waals surface area contributed by atoms with Gasteiger partial charge in [-0.3, -0.25) is 9.59 Å². The first kappa shape index (κ1) is 13.4. The van der Waals surface area contributed by atoms with Crippen molar-refractivity contribution in [3.63, 3.8) is 0 Å². The molecular weight excluding hydrogens is 220 g/mol. The van der Waals surface area contributed by atoms with E-state index in [0.717, 1.165) is 6.42 Å². The van der Waals surface area contributed by atoms with Gasteiger partial charge in [0.25, 0.3) is 5.91 Å². The summed E-state index contributed by atoms with van der Waals surface area (Å²) in [6.07, 6.45) is 2.91. The third-order valence-electron chi connectivity index (χ3n) is 2.51. The Balaban J connectivity index is 2.54. The number of H-pyrrole nitrogens is 1. The molecule has 3 N–H and O–H groups in total. The van der Waals surface area contributed by atoms with E-state index in [9.17, 15) is 9.59 Å². The average molecular weight is 238 g/mol. The zero-order chi connectivity index (χ0) is 12.8. The summed E-state index contributed by atoms with van der Waals surface area (Å²) in [7, 11) is 0. The van der Waals surface area contributed by atoms with Crippen molar-refractivity contribution < 1.29 is 14.7 Å². The van der Waals surface area contributed by atoms with E-state index in [4.69, 9.17) is 5.11 Å². The Bertz CT molecular complexity index is 398. The Morgan fingerprint density at radius 2 is 2.24 bits per heavy atom. The van der Waals surface area contributed by atoms with Gasteiger partial charge in [-0.05, 0) is 32.8 Å². The second-order valence-corrected chi connectivity index (χ2v) is 4.10. The van der Waals surface area contributed by atoms with Gasteiger partial charge in [0.2, 0.25) is 0 Å². The summed E-state index contributed by atoms with van der Waals surface area (Å²) in [4.78, 5) is 25.6. The average Bonchev–Trinajstić information content (AvgIpc) is 2.75. The van der Waals surface area contributed by atoms with Crippen LogP contribution in [0.3, 0.4) is 0 Å². The molecule has 1 unspecified atom stereocenters. The van der Waals surface area contributed by atoms with Gasteiger partial charge >= 0.3 is 0 Å². The van der Waals surface area contributed by atoms with Crippen LogP contribution in [0.25, 0.3) is 0 Å². The van der Waals surface area contributed by atoms with Crippen LogP contribution in [0, 0.1) is 0 Å². The zero-order valence-electron chi connectivity index (χ0n) is 10.1. The summed E-state index contributed by atoms with van der Waals surface area (Å²) < 4.78 is 0. The number of aromatic nitrogens is 1. The van der Waals surface area contributed by atoms with Gasteiger partial charge in [0.15, 0.2) is 5.78 Å². The fraction of sp³-hybridized carbons (Fsp3) is 0.500. The minimum Gasteiger partial charge on any atom is -0.396 e. The molecule has 5 heteroatoms. The van der Waals surface area contributed by atoms with Crippen molar-refractivity contribution in [2.45, 2.75) is 32.7 Å². The van der Waals surface area contributed by atoms with Gasteiger partial charge in [-0.15, -0.1) is 0 Å². The summed E-state index contributed by atoms with van der Waals surface area (Å²) in [5, 5.41) is 11.5. The molecule has 1 atom stereocenters. The van der Waals surface area contributed by atoms with Crippen molar-refractivity contribution in [3.8, 4) is 0 Å². The number of aromatic amines is 1. The number of nitrogens with one attached hydrogen (secondary N) is 2. The first-order valence-corrected chi connectivity index (χ1v) is 5.65. The van der Waals surface area contributed by atoms with Crippen LogP contribution in [0.15, 0.2) is 12.3 Å². The Hall–Kier alpha value is -1.62. The Morgan fingerprint density at radius 3 is 2.76 bits per heavy atom. The Labute approximate surface area is 100 Å². The normalized spacial score (nSPS) is 12.2. The van der Waals surface area contributed by atoms with Crippen LogP contribution in [-0.2, 0) is 0 Å². The number of carbonyl (C=O) groups is 2. The lowest BCUT2D eigenvalue weighted by Gasteiger charge is -2.12. The van der Waals surface area contributed by atoms with Crippen molar-refractivity contribution >= 4 is 11.7 Å². The summed E-state index contributed by atoms with van der Waals surface area (Å²) >= 11 is 0. The van der Waals surface area contributed by atoms with E-state index < -0.39 is 0 Å². The van der Waals surface area contributed by atoms with Crippen molar-refractivity contribution in [2.75, 3.05) is 6.61 Å². The van der Waals surface area contributed by atoms with Crippen LogP contribution in [-0.4, -0.2) is 34.4 Å². The van der Waals surface area contributed by atoms with Crippen LogP contribution in [0.5, 0.6) is 0 Å². The van der Waals surface area contributed by atoms with Gasteiger partial charge in [0.05, 0.1) is 0 Å². The monoisotopic (exact) mass is 238 g/mol. The van der Waals surface area contributed by atoms with Gasteiger partial charge in [0, 0.05) is 24.4 Å². The molecule has 1 aromatic rings. The zero-order valence-corrected chi connectivity index (χ0v) is 10.1. The molecule has 0 aromatic carbocycles. The van der Waals surface area contributed by atoms with Crippen LogP contribution < -0.4 is 5.32 Å². The highest BCUT2D eigenvalue weighted by Gasteiger charge is 2.12. The SMILES string of the molecule is CC(=O)c1c[nH]c(C(=O)NC(C)CCCO)c1. The number of amides is 1. The molecule has 94 valence electrons. The van der Waals surface area contributed by atoms with Crippen LogP contribution >= 0.6 is 0 Å². The van der Waals surface area contributed by atoms with E-state index in [1.165, 1.54) is 19.2 Å². The Kier molecular flexibility index (Phi) is 4.90. The molecule has 0 aliphatic heterocycles. The highest BCUT2D eigenvalue weighted by molar-refractivity contribution is 5.99. The topological polar surface area (TPSA) is 82.2 Å². The van der Waals surface area contributed by atoms with Gasteiger partial charge in [0.1, 0.15) is 5.69 Å². The van der Waals surface area contributed by atoms with E-state index in [2.05, 4.69) is 10.3 Å². The molecule has 0 radical (unpaired) electrons. The predicted octanol–water partition coefficient (Wildman–Crippen LogP) is 1.11. The third kappa shape index (κ3) is 4.03. The molecule has 0 fully saturated rings. The van der Waals surface area contributed by atoms with Crippen molar-refractivity contribution in [2.24, 2.45) is 0 Å². The molecule has 0 saturated heterocycles. The van der Waals surface area contributed by atoms with Crippen molar-refractivity contribution in [1.82, 2.24) is 10.3 Å². The molecule has 1 aromatic heterocycles. The molecule has 0 saturated carbocycles. The fourth-order valence-electron chi connectivity index (χ4n) is 1.50. The van der Waals surface area contributed by atoms with E-state index in [1.54, 1.807) is 0 Å². The highest BCUT2D eigenvalue weighted by atomic mass is 16.3. The molecule has 5 nitrogen and oxygen atoms in total. The lowest BCUT2D eigenvalue weighted by Crippen LogP contribution is -2.32. The molecule has 1 heterocycles. The van der Waals surface area contributed by atoms with E-state index in [-0.39, 0.29) is 24.3 Å². The standard InChI is InChI=1S/C12H18N2O3/c1-8(4-3-5-15)14-12(17)11-6-10(7-13-11)9(2)16/h6-8,13,15H,3-5H2,1-2H3,(H,14,17). The Morgan fingerprint density at radius 1 is 1.53 bits per heavy atom. The van der Waals surface area contributed by atoms with E-state index >= 15 is 0 Å². The van der Waals surface area contributed by atoms with E-state index in [1.807, 2.05) is 6.92 Å². The number of aliphatic hydroxyl groups is 1. The van der Waals surface area contributed by atoms with Gasteiger partial charge in [-0.2, -0.15) is 0 Å². The summed E-state index contributed by atoms with van der Waals surface area (Å²) in [5.74, 6) is -0.309. The predicted molar refractivity (Wildman–Crippen MR) is 64.0 cm³/mol. The van der Waals surface area contributed by atoms with Crippen LogP contribution in [0.4, 0.5) is 0 Å². The number of carbonyl (C=O) groups excluding carboxylic acids is 2. The smallest absolute Gasteiger partial charge is 0.267 e. The molecule has 0 spiro atoms. The molecule has 0 aliphatic rings. The lowest BCUT2D eigenvalue weighted by molar-refractivity contribution is 0.0932. The fourth-order valence-corrected chi connectivity index (χ4v) is 1.50. The third-order valence-corrected chi connectivity index (χ3v) is 2.51. The molecule has 1 rings (SSSR count). The molecule has 17 heavy (non-hydrogen) atoms. The van der Waals surface area contributed by atoms with Crippen molar-refractivity contribution in [3.05, 3.63) is 23.5 Å². The van der Waals surface area contributed by atoms with Gasteiger partial charge in [-0.1, -0.05) is 0 Å². The number of aliphatic hydroxyl groups excluding tert-OH is 1. The van der Waals surface area contributed by atoms with E-state index in [0.29, 0.717) is 17.7 Å². The molecule has 0 bridgehead atoms. The maximum absolute atomic E-state index is 11.7. The summed E-state index contributed by atoms with van der Waals surface area (Å²) in [6.45, 7) is 3.45. The minimum atomic E-state index is -0.233. The van der Waals surface area contributed by atoms with Gasteiger partial charge < -0.3 is 15.4 Å². The maximum Gasteiger partial charge on any atom is 0.267 e. The first-order valence-electron chi connectivity index (χ1n) is 5.65. The molecule has 0 aliphatic carbocycles. The molecule has 1 amide bonds. The largest absolute Gasteiger partial charge is 0.396 e. The number of hydrogen-bond acceptors (Lipinski definition) is 3. The van der Waals surface area contributed by atoms with Crippen molar-refractivity contribution in [1.29, 1.82) is 0 Å². The maximum atomic E-state index is 11.7. The highest BCUT2D eigenvalue weighted by Crippen LogP contribution is 2.05. The first-order chi connectivity index (χ1) is 8.04. The second kappa shape index (κ2) is 6.20. The van der Waals surface area contributed by atoms with Crippen LogP contribution in [0.1, 0.15) is 47.5 Å². The minimum absolute atomic E-state index is 0.00118. The number of ketones is 1. The quantitative estimate of drug-likeness (QED) is 0.649. The number of Topliss-reactive ketones (excluding diaryl/α,β-unsaturated/α-hetero) is 1. The second-order valence-electron chi connectivity index (χ2n) is 4.10. The molecular formula is C12H18N2O3. The summed E-state index contributed by atoms with van der Waals surface area (Å²) in [6, 6.07) is 1.54. The summed E-state index contributed by atoms with van der Waals surface area (Å²) in [5.41, 5.74) is 0.879. The number of rotatable bonds is 6. The lowest BCUT2D eigenvalue weighted by atomic mass is 10.2. The van der Waals surface area contributed by atoms with Gasteiger partial charge in [-0.25, -0.2) is 0 Å². The van der Waals surface area contributed by atoms with Crippen LogP contribution in [0.2, 0.25) is 0 Å². The number of hydrogen-bond donors (Lipinski definition) is 3.